The molecule has 4 nitrogen and oxygen atoms in total. The molecule has 0 amide bonds. The summed E-state index contributed by atoms with van der Waals surface area (Å²) in [5.74, 6) is 1.65. The van der Waals surface area contributed by atoms with Crippen molar-refractivity contribution in [1.29, 1.82) is 0 Å². The third-order valence-electron chi connectivity index (χ3n) is 6.08. The third kappa shape index (κ3) is 2.18. The van der Waals surface area contributed by atoms with E-state index in [1.807, 2.05) is 12.1 Å². The molecule has 4 heteroatoms. The molecular weight excluding hydrogens is 326 g/mol. The first-order chi connectivity index (χ1) is 12.7. The summed E-state index contributed by atoms with van der Waals surface area (Å²) in [4.78, 5) is 2.44. The molecule has 0 radical (unpaired) electrons. The maximum Gasteiger partial charge on any atom is 0.166 e. The fourth-order valence-electron chi connectivity index (χ4n) is 4.80. The number of methoxy groups -OCH3 is 1. The molecule has 134 valence electrons. The van der Waals surface area contributed by atoms with Crippen LogP contribution in [0.25, 0.3) is 0 Å². The highest BCUT2D eigenvalue weighted by Crippen LogP contribution is 2.55. The Balaban J connectivity index is 1.66. The fourth-order valence-corrected chi connectivity index (χ4v) is 4.80. The van der Waals surface area contributed by atoms with Gasteiger partial charge < -0.3 is 19.5 Å². The number of aliphatic hydroxyl groups excluding tert-OH is 1. The molecule has 3 unspecified atom stereocenters. The van der Waals surface area contributed by atoms with Crippen LogP contribution in [0, 0.1) is 0 Å². The molecule has 2 aromatic carbocycles. The first-order valence-electron chi connectivity index (χ1n) is 9.26. The van der Waals surface area contributed by atoms with Crippen molar-refractivity contribution in [1.82, 2.24) is 0 Å². The lowest BCUT2D eigenvalue weighted by Crippen LogP contribution is -2.43. The van der Waals surface area contributed by atoms with Gasteiger partial charge in [0.1, 0.15) is 6.10 Å². The summed E-state index contributed by atoms with van der Waals surface area (Å²) in [6.45, 7) is 1.80. The summed E-state index contributed by atoms with van der Waals surface area (Å²) in [7, 11) is 1.69. The topological polar surface area (TPSA) is 41.9 Å². The molecule has 5 rings (SSSR count). The number of anilines is 1. The molecule has 2 aliphatic heterocycles. The number of ether oxygens (including phenoxy) is 2. The molecule has 1 N–H and O–H groups in total. The Labute approximate surface area is 153 Å². The van der Waals surface area contributed by atoms with Crippen molar-refractivity contribution in [3.63, 3.8) is 0 Å². The normalized spacial score (nSPS) is 28.8. The van der Waals surface area contributed by atoms with Gasteiger partial charge in [0.2, 0.25) is 0 Å². The molecule has 26 heavy (non-hydrogen) atoms. The number of hydrogen-bond acceptors (Lipinski definition) is 4. The Bertz CT molecular complexity index is 863. The van der Waals surface area contributed by atoms with Crippen molar-refractivity contribution in [3.8, 4) is 11.5 Å². The minimum Gasteiger partial charge on any atom is -0.493 e. The molecule has 2 aromatic rings. The van der Waals surface area contributed by atoms with Crippen molar-refractivity contribution in [2.45, 2.75) is 37.0 Å². The maximum atomic E-state index is 10.2. The maximum absolute atomic E-state index is 10.2. The van der Waals surface area contributed by atoms with Crippen LogP contribution in [0.2, 0.25) is 0 Å². The quantitative estimate of drug-likeness (QED) is 0.844. The fraction of sp³-hybridized carbons (Fsp3) is 0.364. The molecule has 2 heterocycles. The number of hydrogen-bond donors (Lipinski definition) is 1. The average Bonchev–Trinajstić information content (AvgIpc) is 2.90. The Morgan fingerprint density at radius 1 is 1.19 bits per heavy atom. The second kappa shape index (κ2) is 5.78. The predicted molar refractivity (Wildman–Crippen MR) is 101 cm³/mol. The van der Waals surface area contributed by atoms with Crippen LogP contribution in [0.4, 0.5) is 5.69 Å². The summed E-state index contributed by atoms with van der Waals surface area (Å²) in [5, 5.41) is 10.2. The van der Waals surface area contributed by atoms with E-state index in [0.717, 1.165) is 31.0 Å². The molecule has 0 saturated heterocycles. The van der Waals surface area contributed by atoms with Crippen LogP contribution in [0.15, 0.2) is 54.6 Å². The van der Waals surface area contributed by atoms with Crippen LogP contribution in [0.1, 0.15) is 24.0 Å². The monoisotopic (exact) mass is 349 g/mol. The number of nitrogens with zero attached hydrogens (tertiary/aromatic N) is 1. The lowest BCUT2D eigenvalue weighted by Gasteiger charge is -2.36. The van der Waals surface area contributed by atoms with Crippen molar-refractivity contribution in [3.05, 3.63) is 65.7 Å². The van der Waals surface area contributed by atoms with Gasteiger partial charge in [-0.15, -0.1) is 0 Å². The van der Waals surface area contributed by atoms with Crippen LogP contribution in [0.5, 0.6) is 11.5 Å². The third-order valence-corrected chi connectivity index (χ3v) is 6.08. The van der Waals surface area contributed by atoms with Crippen molar-refractivity contribution >= 4 is 5.69 Å². The van der Waals surface area contributed by atoms with Crippen molar-refractivity contribution in [2.75, 3.05) is 18.6 Å². The number of rotatable bonds is 2. The van der Waals surface area contributed by atoms with Crippen molar-refractivity contribution < 1.29 is 14.6 Å². The summed E-state index contributed by atoms with van der Waals surface area (Å²) in [5.41, 5.74) is 3.60. The zero-order chi connectivity index (χ0) is 17.7. The summed E-state index contributed by atoms with van der Waals surface area (Å²) in [6.07, 6.45) is 5.24. The molecule has 3 aliphatic rings. The van der Waals surface area contributed by atoms with Gasteiger partial charge in [0.05, 0.1) is 18.6 Å². The van der Waals surface area contributed by atoms with Gasteiger partial charge in [0.25, 0.3) is 0 Å². The SMILES string of the molecule is COc1ccc2c3c1OC1CC(O)C=CC31CCN(c1ccccc1)C2. The Morgan fingerprint density at radius 2 is 2.04 bits per heavy atom. The molecule has 0 saturated carbocycles. The Morgan fingerprint density at radius 3 is 2.85 bits per heavy atom. The van der Waals surface area contributed by atoms with E-state index in [1.165, 1.54) is 16.8 Å². The van der Waals surface area contributed by atoms with E-state index in [1.54, 1.807) is 7.11 Å². The smallest absolute Gasteiger partial charge is 0.166 e. The van der Waals surface area contributed by atoms with Crippen LogP contribution < -0.4 is 14.4 Å². The second-order valence-corrected chi connectivity index (χ2v) is 7.45. The highest BCUT2D eigenvalue weighted by molar-refractivity contribution is 5.62. The number of benzene rings is 2. The van der Waals surface area contributed by atoms with Crippen LogP contribution >= 0.6 is 0 Å². The zero-order valence-electron chi connectivity index (χ0n) is 14.9. The van der Waals surface area contributed by atoms with E-state index in [9.17, 15) is 5.11 Å². The molecule has 1 spiro atoms. The summed E-state index contributed by atoms with van der Waals surface area (Å²) < 4.78 is 11.9. The number of aliphatic hydroxyl groups is 1. The minimum atomic E-state index is -0.442. The Kier molecular flexibility index (Phi) is 3.50. The highest BCUT2D eigenvalue weighted by atomic mass is 16.5. The van der Waals surface area contributed by atoms with Gasteiger partial charge >= 0.3 is 0 Å². The van der Waals surface area contributed by atoms with Gasteiger partial charge in [-0.2, -0.15) is 0 Å². The predicted octanol–water partition coefficient (Wildman–Crippen LogP) is 3.43. The summed E-state index contributed by atoms with van der Waals surface area (Å²) >= 11 is 0. The van der Waals surface area contributed by atoms with Gasteiger partial charge in [-0.05, 0) is 30.2 Å². The van der Waals surface area contributed by atoms with Gasteiger partial charge in [-0.3, -0.25) is 0 Å². The lowest BCUT2D eigenvalue weighted by molar-refractivity contribution is 0.0856. The molecule has 3 atom stereocenters. The first kappa shape index (κ1) is 15.8. The van der Waals surface area contributed by atoms with E-state index in [-0.39, 0.29) is 11.5 Å². The molecule has 1 aliphatic carbocycles. The van der Waals surface area contributed by atoms with E-state index >= 15 is 0 Å². The van der Waals surface area contributed by atoms with Gasteiger partial charge in [0.15, 0.2) is 11.5 Å². The van der Waals surface area contributed by atoms with Crippen LogP contribution in [-0.4, -0.2) is 31.0 Å². The standard InChI is InChI=1S/C22H23NO3/c1-25-18-8-7-15-14-23(16-5-3-2-4-6-16)12-11-22-10-9-17(24)13-19(22)26-21(18)20(15)22/h2-10,17,19,24H,11-14H2,1H3. The van der Waals surface area contributed by atoms with E-state index in [4.69, 9.17) is 9.47 Å². The van der Waals surface area contributed by atoms with E-state index in [2.05, 4.69) is 47.4 Å². The number of para-hydroxylation sites is 1. The average molecular weight is 349 g/mol. The zero-order valence-corrected chi connectivity index (χ0v) is 14.9. The van der Waals surface area contributed by atoms with Crippen LogP contribution in [-0.2, 0) is 12.0 Å². The minimum absolute atomic E-state index is 0.0386. The van der Waals surface area contributed by atoms with E-state index < -0.39 is 6.10 Å². The van der Waals surface area contributed by atoms with Crippen molar-refractivity contribution in [2.24, 2.45) is 0 Å². The van der Waals surface area contributed by atoms with Gasteiger partial charge in [-0.25, -0.2) is 0 Å². The molecular formula is C22H23NO3. The van der Waals surface area contributed by atoms with Gasteiger partial charge in [-0.1, -0.05) is 36.4 Å². The second-order valence-electron chi connectivity index (χ2n) is 7.45. The van der Waals surface area contributed by atoms with Gasteiger partial charge in [0, 0.05) is 30.8 Å². The van der Waals surface area contributed by atoms with E-state index in [0.29, 0.717) is 6.42 Å². The molecule has 0 bridgehead atoms. The first-order valence-corrected chi connectivity index (χ1v) is 9.26. The van der Waals surface area contributed by atoms with Crippen LogP contribution in [0.3, 0.4) is 0 Å². The molecule has 0 fully saturated rings. The summed E-state index contributed by atoms with van der Waals surface area (Å²) in [6, 6.07) is 14.7. The Hall–Kier alpha value is -2.46. The lowest BCUT2D eigenvalue weighted by atomic mass is 9.69. The molecule has 0 aromatic heterocycles. The largest absolute Gasteiger partial charge is 0.493 e. The highest BCUT2D eigenvalue weighted by Gasteiger charge is 2.52.